The zero-order valence-corrected chi connectivity index (χ0v) is 11.8. The summed E-state index contributed by atoms with van der Waals surface area (Å²) in [6.07, 6.45) is -4.38. The van der Waals surface area contributed by atoms with Gasteiger partial charge in [-0.1, -0.05) is 31.5 Å². The maximum atomic E-state index is 11.9. The minimum Gasteiger partial charge on any atom is -0.238 e. The minimum atomic E-state index is -4.38. The molecule has 0 aliphatic rings. The molecule has 7 heteroatoms. The lowest BCUT2D eigenvalue weighted by Crippen LogP contribution is -2.30. The van der Waals surface area contributed by atoms with Crippen molar-refractivity contribution in [2.75, 3.05) is 6.54 Å². The summed E-state index contributed by atoms with van der Waals surface area (Å²) in [5, 5.41) is 0.375. The van der Waals surface area contributed by atoms with Gasteiger partial charge in [0.15, 0.2) is 0 Å². The summed E-state index contributed by atoms with van der Waals surface area (Å²) in [5.41, 5.74) is 0.776. The first-order valence-electron chi connectivity index (χ1n) is 5.28. The van der Waals surface area contributed by atoms with Gasteiger partial charge in [0.25, 0.3) is 0 Å². The molecule has 0 amide bonds. The third-order valence-electron chi connectivity index (χ3n) is 1.76. The first kappa shape index (κ1) is 17.4. The molecule has 0 aromatic heterocycles. The molecular weight excluding hydrogens is 287 g/mol. The van der Waals surface area contributed by atoms with Gasteiger partial charge in [-0.25, -0.2) is 8.93 Å². The van der Waals surface area contributed by atoms with Gasteiger partial charge < -0.3 is 0 Å². The standard InChI is InChI=1S/C9H9ClF3NOS.C2H6/c1-6-2-3-7(4-8(6)10)16(15)14-5-9(11,12)13;1-2/h2-4,14H,5H2,1H3;1-2H3. The van der Waals surface area contributed by atoms with Crippen molar-refractivity contribution in [1.29, 1.82) is 0 Å². The molecule has 1 atom stereocenters. The van der Waals surface area contributed by atoms with Crippen molar-refractivity contribution in [3.05, 3.63) is 28.8 Å². The normalized spacial score (nSPS) is 12.6. The molecule has 104 valence electrons. The molecule has 1 aromatic carbocycles. The Morgan fingerprint density at radius 2 is 1.89 bits per heavy atom. The molecule has 0 radical (unpaired) electrons. The van der Waals surface area contributed by atoms with E-state index in [4.69, 9.17) is 11.6 Å². The fraction of sp³-hybridized carbons (Fsp3) is 0.455. The van der Waals surface area contributed by atoms with Crippen LogP contribution >= 0.6 is 11.6 Å². The molecule has 1 aromatic rings. The highest BCUT2D eigenvalue weighted by Gasteiger charge is 2.27. The SMILES string of the molecule is CC.Cc1ccc(S(=O)NCC(F)(F)F)cc1Cl. The van der Waals surface area contributed by atoms with Crippen LogP contribution in [0.15, 0.2) is 23.1 Å². The molecule has 1 N–H and O–H groups in total. The van der Waals surface area contributed by atoms with E-state index in [1.165, 1.54) is 12.1 Å². The molecule has 18 heavy (non-hydrogen) atoms. The predicted octanol–water partition coefficient (Wildman–Crippen LogP) is 3.85. The van der Waals surface area contributed by atoms with Crippen molar-refractivity contribution >= 4 is 22.6 Å². The van der Waals surface area contributed by atoms with Crippen LogP contribution in [0.5, 0.6) is 0 Å². The number of benzene rings is 1. The second kappa shape index (κ2) is 7.76. The van der Waals surface area contributed by atoms with Crippen molar-refractivity contribution in [1.82, 2.24) is 4.72 Å². The number of halogens is 4. The predicted molar refractivity (Wildman–Crippen MR) is 68.0 cm³/mol. The zero-order chi connectivity index (χ0) is 14.3. The van der Waals surface area contributed by atoms with Crippen LogP contribution < -0.4 is 4.72 Å². The van der Waals surface area contributed by atoms with Crippen LogP contribution in [0, 0.1) is 6.92 Å². The van der Waals surface area contributed by atoms with E-state index in [9.17, 15) is 17.4 Å². The molecule has 0 heterocycles. The smallest absolute Gasteiger partial charge is 0.238 e. The summed E-state index contributed by atoms with van der Waals surface area (Å²) in [5.74, 6) is 0. The van der Waals surface area contributed by atoms with E-state index in [-0.39, 0.29) is 4.90 Å². The van der Waals surface area contributed by atoms with Gasteiger partial charge in [-0.15, -0.1) is 0 Å². The third-order valence-corrected chi connectivity index (χ3v) is 3.26. The maximum absolute atomic E-state index is 11.9. The Balaban J connectivity index is 0.00000137. The molecular formula is C11H15ClF3NOS. The van der Waals surface area contributed by atoms with Crippen molar-refractivity contribution < 1.29 is 17.4 Å². The van der Waals surface area contributed by atoms with E-state index in [1.54, 1.807) is 13.0 Å². The molecule has 0 saturated heterocycles. The average Bonchev–Trinajstić information content (AvgIpc) is 2.31. The van der Waals surface area contributed by atoms with Crippen molar-refractivity contribution in [2.45, 2.75) is 31.8 Å². The Morgan fingerprint density at radius 1 is 1.33 bits per heavy atom. The maximum Gasteiger partial charge on any atom is 0.402 e. The molecule has 0 aliphatic carbocycles. The molecule has 1 unspecified atom stereocenters. The van der Waals surface area contributed by atoms with E-state index in [0.717, 1.165) is 5.56 Å². The summed E-state index contributed by atoms with van der Waals surface area (Å²) in [7, 11) is -1.90. The van der Waals surface area contributed by atoms with E-state index < -0.39 is 23.7 Å². The summed E-state index contributed by atoms with van der Waals surface area (Å²) >= 11 is 5.76. The van der Waals surface area contributed by atoms with Gasteiger partial charge in [0.05, 0.1) is 4.90 Å². The highest BCUT2D eigenvalue weighted by atomic mass is 35.5. The number of hydrogen-bond donors (Lipinski definition) is 1. The van der Waals surface area contributed by atoms with E-state index in [0.29, 0.717) is 5.02 Å². The fourth-order valence-electron chi connectivity index (χ4n) is 0.920. The lowest BCUT2D eigenvalue weighted by molar-refractivity contribution is -0.121. The molecule has 0 bridgehead atoms. The number of rotatable bonds is 3. The Bertz CT molecular complexity index is 410. The highest BCUT2D eigenvalue weighted by Crippen LogP contribution is 2.19. The lowest BCUT2D eigenvalue weighted by Gasteiger charge is -2.08. The summed E-state index contributed by atoms with van der Waals surface area (Å²) in [6, 6.07) is 4.46. The van der Waals surface area contributed by atoms with Crippen molar-refractivity contribution in [3.63, 3.8) is 0 Å². The molecule has 1 rings (SSSR count). The third kappa shape index (κ3) is 6.37. The summed E-state index contributed by atoms with van der Waals surface area (Å²) in [6.45, 7) is 4.45. The van der Waals surface area contributed by atoms with E-state index >= 15 is 0 Å². The number of hydrogen-bond acceptors (Lipinski definition) is 1. The van der Waals surface area contributed by atoms with Crippen LogP contribution in [-0.2, 0) is 11.0 Å². The largest absolute Gasteiger partial charge is 0.402 e. The van der Waals surface area contributed by atoms with Crippen LogP contribution in [0.1, 0.15) is 19.4 Å². The van der Waals surface area contributed by atoms with E-state index in [2.05, 4.69) is 0 Å². The van der Waals surface area contributed by atoms with Crippen LogP contribution in [0.25, 0.3) is 0 Å². The first-order valence-corrected chi connectivity index (χ1v) is 6.80. The topological polar surface area (TPSA) is 29.1 Å². The second-order valence-electron chi connectivity index (χ2n) is 3.12. The van der Waals surface area contributed by atoms with Crippen LogP contribution in [0.2, 0.25) is 5.02 Å². The van der Waals surface area contributed by atoms with Crippen LogP contribution in [-0.4, -0.2) is 16.9 Å². The number of nitrogens with one attached hydrogen (secondary N) is 1. The van der Waals surface area contributed by atoms with E-state index in [1.807, 2.05) is 18.6 Å². The monoisotopic (exact) mass is 301 g/mol. The Kier molecular flexibility index (Phi) is 7.51. The molecule has 0 saturated carbocycles. The molecule has 0 fully saturated rings. The second-order valence-corrected chi connectivity index (χ2v) is 4.82. The van der Waals surface area contributed by atoms with Gasteiger partial charge in [0.2, 0.25) is 0 Å². The van der Waals surface area contributed by atoms with Gasteiger partial charge in [0.1, 0.15) is 17.5 Å². The number of alkyl halides is 3. The molecule has 0 aliphatic heterocycles. The minimum absolute atomic E-state index is 0.222. The lowest BCUT2D eigenvalue weighted by atomic mass is 10.2. The summed E-state index contributed by atoms with van der Waals surface area (Å²) in [4.78, 5) is 0.222. The Morgan fingerprint density at radius 3 is 2.33 bits per heavy atom. The van der Waals surface area contributed by atoms with Crippen LogP contribution in [0.3, 0.4) is 0 Å². The quantitative estimate of drug-likeness (QED) is 0.903. The van der Waals surface area contributed by atoms with Gasteiger partial charge in [-0.2, -0.15) is 13.2 Å². The molecule has 2 nitrogen and oxygen atoms in total. The van der Waals surface area contributed by atoms with Crippen molar-refractivity contribution in [2.24, 2.45) is 0 Å². The van der Waals surface area contributed by atoms with Gasteiger partial charge >= 0.3 is 6.18 Å². The highest BCUT2D eigenvalue weighted by molar-refractivity contribution is 7.83. The summed E-state index contributed by atoms with van der Waals surface area (Å²) < 4.78 is 48.8. The van der Waals surface area contributed by atoms with Gasteiger partial charge in [-0.05, 0) is 24.6 Å². The molecule has 0 spiro atoms. The van der Waals surface area contributed by atoms with Crippen molar-refractivity contribution in [3.8, 4) is 0 Å². The fourth-order valence-corrected chi connectivity index (χ4v) is 2.04. The Labute approximate surface area is 112 Å². The Hall–Kier alpha value is -0.590. The van der Waals surface area contributed by atoms with Gasteiger partial charge in [0, 0.05) is 5.02 Å². The average molecular weight is 302 g/mol. The number of aryl methyl sites for hydroxylation is 1. The first-order chi connectivity index (χ1) is 8.29. The van der Waals surface area contributed by atoms with Gasteiger partial charge in [-0.3, -0.25) is 0 Å². The van der Waals surface area contributed by atoms with Crippen LogP contribution in [0.4, 0.5) is 13.2 Å². The zero-order valence-electron chi connectivity index (χ0n) is 10.3.